The molecule has 9 N–H and O–H groups in total. The minimum atomic E-state index is -1.62. The zero-order valence-electron chi connectivity index (χ0n) is 62.6. The Labute approximate surface area is 611 Å². The Morgan fingerprint density at radius 3 is 1.19 bits per heavy atom. The van der Waals surface area contributed by atoms with Crippen LogP contribution in [0.15, 0.2) is 70.9 Å². The number of allylic oxidation sites excluding steroid dienone is 10. The van der Waals surface area contributed by atoms with Crippen LogP contribution in [0.1, 0.15) is 223 Å². The molecule has 0 aromatic rings. The minimum Gasteiger partial charge on any atom is -0.393 e. The van der Waals surface area contributed by atoms with Crippen LogP contribution in [0.5, 0.6) is 0 Å². The van der Waals surface area contributed by atoms with Crippen molar-refractivity contribution in [1.29, 1.82) is 0 Å². The maximum atomic E-state index is 13.3. The Kier molecular flexibility index (Phi) is 19.4. The fraction of sp³-hybridized carbons (Fsp3) is 0.741. The van der Waals surface area contributed by atoms with E-state index in [1.165, 1.54) is 5.57 Å². The molecule has 16 rings (SSSR count). The lowest BCUT2D eigenvalue weighted by atomic mass is 9.45. The van der Waals surface area contributed by atoms with Crippen molar-refractivity contribution in [2.75, 3.05) is 19.8 Å². The summed E-state index contributed by atoms with van der Waals surface area (Å²) < 4.78 is 0. The van der Waals surface area contributed by atoms with Crippen LogP contribution in [-0.2, 0) is 47.9 Å². The molecular formula is C85H114O19. The van der Waals surface area contributed by atoms with Gasteiger partial charge in [0.2, 0.25) is 0 Å². The fourth-order valence-corrected chi connectivity index (χ4v) is 28.0. The molecule has 16 aliphatic rings. The first kappa shape index (κ1) is 77.0. The lowest BCUT2D eigenvalue weighted by molar-refractivity contribution is -0.182. The van der Waals surface area contributed by atoms with Crippen LogP contribution in [0.3, 0.4) is 0 Å². The van der Waals surface area contributed by atoms with E-state index in [4.69, 9.17) is 0 Å². The van der Waals surface area contributed by atoms with Gasteiger partial charge in [-0.3, -0.25) is 47.9 Å². The van der Waals surface area contributed by atoms with Crippen molar-refractivity contribution >= 4 is 57.8 Å². The fourth-order valence-electron chi connectivity index (χ4n) is 28.0. The topological polar surface area (TPSA) is 353 Å². The third-order valence-electron chi connectivity index (χ3n) is 33.5. The van der Waals surface area contributed by atoms with E-state index in [1.54, 1.807) is 36.5 Å². The number of Topliss-reactive ketones (excluding diaryl/α,β-unsaturated/α-hetero) is 6. The molecule has 0 spiro atoms. The van der Waals surface area contributed by atoms with E-state index in [2.05, 4.69) is 20.8 Å². The van der Waals surface area contributed by atoms with E-state index in [9.17, 15) is 93.9 Å². The maximum Gasteiger partial charge on any atom is 0.190 e. The molecule has 16 aliphatic carbocycles. The Morgan fingerprint density at radius 2 is 0.740 bits per heavy atom. The summed E-state index contributed by atoms with van der Waals surface area (Å²) in [5, 5.41) is 95.2. The first-order chi connectivity index (χ1) is 48.7. The standard InChI is InChI=1S/C22H30O4.C21H30O5.C21H28O5.C21H26O5/c1-4-18(25)22(26)10-8-16-15-6-5-13-11-14(23)7-9-20(13,2)19(15)17(24)12-21(16,22)3;3*1-19-7-5-13(23)9-12(19)3-4-14-15-6-8-21(26,17(25)11-22)20(15,2)10-16(24)18(14)19/h7,9,11,15-17,19,24,26H,4-6,8,10,12H2,1-3H3;9,14-16,18,22,24,26H,3-8,10-11H2,1-2H3;9,14-15,18,22,26H,3-8,10-11H2,1-2H3;5,7,9,14-15,18,22,26H,3-4,6,8,10-11H2,1-2H3/t15?,16?,17-,19?,20-,21-,22-;14?,15?,16-,18?,19-,20-,21-;2*14?,15?,18?,19-,20-,21-/m0000/s1. The Morgan fingerprint density at radius 1 is 0.394 bits per heavy atom. The van der Waals surface area contributed by atoms with E-state index < -0.39 is 98.9 Å². The third kappa shape index (κ3) is 10.8. The molecule has 0 aromatic heterocycles. The van der Waals surface area contributed by atoms with Gasteiger partial charge >= 0.3 is 0 Å². The quantitative estimate of drug-likeness (QED) is 0.110. The van der Waals surface area contributed by atoms with Crippen LogP contribution in [0.25, 0.3) is 0 Å². The zero-order chi connectivity index (χ0) is 75.6. The van der Waals surface area contributed by atoms with Crippen molar-refractivity contribution in [2.45, 2.75) is 257 Å². The van der Waals surface area contributed by atoms with Gasteiger partial charge in [-0.25, -0.2) is 0 Å². The molecule has 0 bridgehead atoms. The molecule has 0 aliphatic heterocycles. The largest absolute Gasteiger partial charge is 0.393 e. The van der Waals surface area contributed by atoms with Crippen LogP contribution in [-0.4, -0.2) is 158 Å². The number of ketones is 10. The summed E-state index contributed by atoms with van der Waals surface area (Å²) in [5.41, 5.74) is -5.69. The van der Waals surface area contributed by atoms with Crippen molar-refractivity contribution in [2.24, 2.45) is 114 Å². The molecular weight excluding hydrogens is 1320 g/mol. The third-order valence-corrected chi connectivity index (χ3v) is 33.5. The number of hydrogen-bond acceptors (Lipinski definition) is 19. The van der Waals surface area contributed by atoms with Gasteiger partial charge in [-0.15, -0.1) is 0 Å². The van der Waals surface area contributed by atoms with Gasteiger partial charge in [0.15, 0.2) is 46.3 Å². The number of carbonyl (C=O) groups is 10. The van der Waals surface area contributed by atoms with Crippen molar-refractivity contribution in [1.82, 2.24) is 0 Å². The predicted molar refractivity (Wildman–Crippen MR) is 382 cm³/mol. The van der Waals surface area contributed by atoms with Gasteiger partial charge in [0.25, 0.3) is 0 Å². The highest BCUT2D eigenvalue weighted by Crippen LogP contribution is 2.72. The number of aliphatic hydroxyl groups excluding tert-OH is 5. The summed E-state index contributed by atoms with van der Waals surface area (Å²) in [7, 11) is 0. The van der Waals surface area contributed by atoms with E-state index in [-0.39, 0.29) is 141 Å². The lowest BCUT2D eigenvalue weighted by Gasteiger charge is -2.60. The predicted octanol–water partition coefficient (Wildman–Crippen LogP) is 8.51. The highest BCUT2D eigenvalue weighted by atomic mass is 16.3. The summed E-state index contributed by atoms with van der Waals surface area (Å²) in [6, 6.07) is 0. The highest BCUT2D eigenvalue weighted by Gasteiger charge is 2.73. The molecule has 0 saturated heterocycles. The Bertz CT molecular complexity index is 3850. The monoisotopic (exact) mass is 1440 g/mol. The molecule has 0 amide bonds. The minimum absolute atomic E-state index is 0.0206. The maximum absolute atomic E-state index is 13.3. The van der Waals surface area contributed by atoms with Crippen LogP contribution >= 0.6 is 0 Å². The number of carbonyl (C=O) groups excluding carboxylic acids is 10. The van der Waals surface area contributed by atoms with E-state index in [1.807, 2.05) is 53.7 Å². The molecule has 12 saturated carbocycles. The van der Waals surface area contributed by atoms with Crippen LogP contribution in [0.4, 0.5) is 0 Å². The summed E-state index contributed by atoms with van der Waals surface area (Å²) in [6.07, 6.45) is 28.1. The highest BCUT2D eigenvalue weighted by molar-refractivity contribution is 6.03. The zero-order valence-corrected chi connectivity index (χ0v) is 62.6. The molecule has 104 heavy (non-hydrogen) atoms. The number of fused-ring (bicyclic) bond motifs is 20. The van der Waals surface area contributed by atoms with Crippen LogP contribution in [0, 0.1) is 114 Å². The van der Waals surface area contributed by atoms with E-state index >= 15 is 0 Å². The van der Waals surface area contributed by atoms with Gasteiger partial charge in [0.05, 0.1) is 12.2 Å². The second-order valence-corrected chi connectivity index (χ2v) is 37.3. The van der Waals surface area contributed by atoms with Gasteiger partial charge in [-0.05, 0) is 229 Å². The molecule has 26 atom stereocenters. The van der Waals surface area contributed by atoms with Gasteiger partial charge in [0, 0.05) is 82.3 Å². The van der Waals surface area contributed by atoms with E-state index in [0.717, 1.165) is 87.3 Å². The molecule has 19 heteroatoms. The molecule has 568 valence electrons. The van der Waals surface area contributed by atoms with Crippen molar-refractivity contribution in [3.63, 3.8) is 0 Å². The molecule has 0 aromatic carbocycles. The second kappa shape index (κ2) is 26.3. The Balaban J connectivity index is 0.000000123. The molecule has 12 unspecified atom stereocenters. The molecule has 12 fully saturated rings. The van der Waals surface area contributed by atoms with Gasteiger partial charge in [0.1, 0.15) is 53.8 Å². The van der Waals surface area contributed by atoms with Crippen molar-refractivity contribution in [3.8, 4) is 0 Å². The number of aliphatic hydroxyl groups is 9. The van der Waals surface area contributed by atoms with Gasteiger partial charge < -0.3 is 46.0 Å². The number of hydrogen-bond donors (Lipinski definition) is 9. The summed E-state index contributed by atoms with van der Waals surface area (Å²) in [6.45, 7) is 15.9. The van der Waals surface area contributed by atoms with Crippen LogP contribution < -0.4 is 0 Å². The normalized spacial score (nSPS) is 48.8. The van der Waals surface area contributed by atoms with Gasteiger partial charge in [-0.2, -0.15) is 0 Å². The summed E-state index contributed by atoms with van der Waals surface area (Å²) in [4.78, 5) is 124. The van der Waals surface area contributed by atoms with Crippen LogP contribution in [0.2, 0.25) is 0 Å². The first-order valence-corrected chi connectivity index (χ1v) is 39.3. The van der Waals surface area contributed by atoms with Crippen molar-refractivity contribution < 1.29 is 93.9 Å². The SMILES string of the molecule is CCC(=O)[C@@]1(O)CCC2C3CCC4=CC(=O)C=C[C@]4(C)C3[C@@H](O)C[C@@]21C.C[C@]12C=CC(=O)C=C1CCC1C2C(=O)C[C@@]2(C)C1CC[C@]2(O)C(=O)CO.C[C@]12CCC(=O)C=C1CCC1C2C(=O)C[C@@]2(C)C1CC[C@]2(O)C(=O)CO.C[C@]12CCC(=O)C=C1CCC1C2[C@@H](O)C[C@@]2(C)C1CC[C@]2(O)C(=O)CO. The van der Waals surface area contributed by atoms with Gasteiger partial charge in [-0.1, -0.05) is 96.8 Å². The second-order valence-electron chi connectivity index (χ2n) is 37.3. The summed E-state index contributed by atoms with van der Waals surface area (Å²) >= 11 is 0. The first-order valence-electron chi connectivity index (χ1n) is 39.3. The average Bonchev–Trinajstić information content (AvgIpc) is 1.49. The Hall–Kier alpha value is -5.22. The van der Waals surface area contributed by atoms with Crippen molar-refractivity contribution in [3.05, 3.63) is 70.9 Å². The molecule has 0 heterocycles. The molecule has 0 radical (unpaired) electrons. The summed E-state index contributed by atoms with van der Waals surface area (Å²) in [5.74, 6) is -0.122. The van der Waals surface area contributed by atoms with E-state index in [0.29, 0.717) is 77.0 Å². The number of rotatable bonds is 8. The lowest BCUT2D eigenvalue weighted by Crippen LogP contribution is -2.62. The average molecular weight is 1440 g/mol. The smallest absolute Gasteiger partial charge is 0.190 e. The molecule has 19 nitrogen and oxygen atoms in total.